The van der Waals surface area contributed by atoms with Gasteiger partial charge in [0.05, 0.1) is 0 Å². The van der Waals surface area contributed by atoms with Gasteiger partial charge < -0.3 is 0 Å². The fourth-order valence-electron chi connectivity index (χ4n) is 0.829. The zero-order valence-corrected chi connectivity index (χ0v) is 10.9. The fraction of sp³-hybridized carbons (Fsp3) is 0.714. The lowest BCUT2D eigenvalue weighted by atomic mass is 9.97. The molecule has 21 heavy (non-hydrogen) atoms. The summed E-state index contributed by atoms with van der Waals surface area (Å²) in [4.78, 5) is 0. The second-order valence-electron chi connectivity index (χ2n) is 3.37. The van der Waals surface area contributed by atoms with Gasteiger partial charge in [0.25, 0.3) is 0 Å². The fourth-order valence-corrected chi connectivity index (χ4v) is 1.17. The molecule has 0 saturated carbocycles. The quantitative estimate of drug-likeness (QED) is 0.379. The molecule has 0 atom stereocenters. The molecule has 0 aromatic rings. The lowest BCUT2D eigenvalue weighted by Gasteiger charge is -2.36. The molecule has 0 unspecified atom stereocenters. The monoisotopic (exact) mass is 458 g/mol. The van der Waals surface area contributed by atoms with E-state index in [0.717, 1.165) is 0 Å². The highest BCUT2D eigenvalue weighted by Crippen LogP contribution is 2.59. The van der Waals surface area contributed by atoms with Crippen LogP contribution in [0.15, 0.2) is 9.66 Å². The Morgan fingerprint density at radius 2 is 0.905 bits per heavy atom. The van der Waals surface area contributed by atoms with Gasteiger partial charge in [-0.05, 0) is 22.6 Å². The Balaban J connectivity index is 6.20. The van der Waals surface area contributed by atoms with E-state index in [4.69, 9.17) is 0 Å². The van der Waals surface area contributed by atoms with Crippen molar-refractivity contribution in [3.05, 3.63) is 9.66 Å². The number of alkyl halides is 11. The van der Waals surface area contributed by atoms with Crippen molar-refractivity contribution in [2.45, 2.75) is 29.9 Å². The largest absolute Gasteiger partial charge is 0.460 e. The Labute approximate surface area is 120 Å². The van der Waals surface area contributed by atoms with Crippen LogP contribution in [0.2, 0.25) is 0 Å². The molecule has 14 heteroatoms. The van der Waals surface area contributed by atoms with Gasteiger partial charge in [-0.2, -0.15) is 52.7 Å². The third-order valence-electron chi connectivity index (χ3n) is 1.98. The van der Waals surface area contributed by atoms with E-state index in [1.165, 1.54) is 0 Å². The number of halogens is 14. The molecule has 0 aliphatic carbocycles. The van der Waals surface area contributed by atoms with Gasteiger partial charge in [-0.15, -0.1) is 0 Å². The van der Waals surface area contributed by atoms with Crippen LogP contribution in [0.25, 0.3) is 0 Å². The third-order valence-corrected chi connectivity index (χ3v) is 2.45. The number of allylic oxidation sites excluding steroid dienone is 1. The molecule has 0 bridgehead atoms. The highest BCUT2D eigenvalue weighted by Gasteiger charge is 2.88. The second-order valence-corrected chi connectivity index (χ2v) is 4.32. The molecule has 0 aromatic carbocycles. The molecular weight excluding hydrogens is 458 g/mol. The molecule has 0 aliphatic heterocycles. The summed E-state index contributed by atoms with van der Waals surface area (Å²) < 4.78 is 157. The Bertz CT molecular complexity index is 426. The smallest absolute Gasteiger partial charge is 0.201 e. The van der Waals surface area contributed by atoms with Crippen LogP contribution >= 0.6 is 22.6 Å². The number of hydrogen-bond acceptors (Lipinski definition) is 0. The molecule has 0 N–H and O–H groups in total. The highest BCUT2D eigenvalue weighted by molar-refractivity contribution is 14.1. The standard InChI is InChI=1S/C7F13I/c8-1(2(9)21)3(10,11)4(12,13)5(14,15)6(16,17)7(18,19)20. The van der Waals surface area contributed by atoms with Gasteiger partial charge in [-0.1, -0.05) is 0 Å². The van der Waals surface area contributed by atoms with E-state index in [0.29, 0.717) is 0 Å². The molecule has 0 fully saturated rings. The van der Waals surface area contributed by atoms with Gasteiger partial charge in [-0.25, -0.2) is 4.39 Å². The van der Waals surface area contributed by atoms with E-state index in [1.807, 2.05) is 0 Å². The summed E-state index contributed by atoms with van der Waals surface area (Å²) in [5.41, 5.74) is 0. The molecule has 0 rings (SSSR count). The van der Waals surface area contributed by atoms with Crippen LogP contribution < -0.4 is 0 Å². The third kappa shape index (κ3) is 2.91. The van der Waals surface area contributed by atoms with Crippen LogP contribution in [0.1, 0.15) is 0 Å². The summed E-state index contributed by atoms with van der Waals surface area (Å²) in [5.74, 6) is -33.8. The van der Waals surface area contributed by atoms with E-state index < -0.39 is 39.5 Å². The topological polar surface area (TPSA) is 0 Å². The molecule has 126 valence electrons. The summed E-state index contributed by atoms with van der Waals surface area (Å²) in [6, 6.07) is 0. The molecule has 0 saturated heterocycles. The zero-order chi connectivity index (χ0) is 17.7. The van der Waals surface area contributed by atoms with Crippen molar-refractivity contribution in [1.29, 1.82) is 0 Å². The molecule has 0 spiro atoms. The average molecular weight is 458 g/mol. The van der Waals surface area contributed by atoms with Crippen LogP contribution in [-0.2, 0) is 0 Å². The van der Waals surface area contributed by atoms with Crippen molar-refractivity contribution in [2.75, 3.05) is 0 Å². The van der Waals surface area contributed by atoms with Crippen LogP contribution in [0.3, 0.4) is 0 Å². The lowest BCUT2D eigenvalue weighted by molar-refractivity contribution is -0.419. The molecule has 0 radical (unpaired) electrons. The van der Waals surface area contributed by atoms with Crippen molar-refractivity contribution in [2.24, 2.45) is 0 Å². The maximum atomic E-state index is 12.7. The van der Waals surface area contributed by atoms with Crippen molar-refractivity contribution in [1.82, 2.24) is 0 Å². The Kier molecular flexibility index (Phi) is 5.22. The van der Waals surface area contributed by atoms with Gasteiger partial charge >= 0.3 is 29.9 Å². The predicted molar refractivity (Wildman–Crippen MR) is 49.1 cm³/mol. The van der Waals surface area contributed by atoms with Crippen molar-refractivity contribution in [3.8, 4) is 0 Å². The summed E-state index contributed by atoms with van der Waals surface area (Å²) in [7, 11) is 0. The normalized spacial score (nSPS) is 16.9. The zero-order valence-electron chi connectivity index (χ0n) is 8.79. The van der Waals surface area contributed by atoms with E-state index in [2.05, 4.69) is 0 Å². The summed E-state index contributed by atoms with van der Waals surface area (Å²) in [5, 5.41) is 0. The molecular formula is C7F13I. The van der Waals surface area contributed by atoms with E-state index in [9.17, 15) is 57.1 Å². The summed E-state index contributed by atoms with van der Waals surface area (Å²) >= 11 is -0.0310. The van der Waals surface area contributed by atoms with Gasteiger partial charge in [-0.3, -0.25) is 0 Å². The number of rotatable bonds is 4. The molecule has 0 heterocycles. The Morgan fingerprint density at radius 3 is 1.14 bits per heavy atom. The first-order chi connectivity index (χ1) is 8.85. The second kappa shape index (κ2) is 5.33. The van der Waals surface area contributed by atoms with Crippen LogP contribution in [0.5, 0.6) is 0 Å². The first-order valence-electron chi connectivity index (χ1n) is 4.15. The van der Waals surface area contributed by atoms with Gasteiger partial charge in [0, 0.05) is 0 Å². The SMILES string of the molecule is FC(I)=C(F)C(F)(F)C(F)(F)C(F)(F)C(F)(F)C(F)(F)F. The molecule has 0 aromatic heterocycles. The van der Waals surface area contributed by atoms with E-state index in [1.54, 1.807) is 0 Å². The van der Waals surface area contributed by atoms with Gasteiger partial charge in [0.1, 0.15) is 0 Å². The van der Waals surface area contributed by atoms with Crippen LogP contribution in [-0.4, -0.2) is 29.9 Å². The minimum absolute atomic E-state index is 0.0310. The lowest BCUT2D eigenvalue weighted by Crippen LogP contribution is -2.66. The molecule has 0 amide bonds. The van der Waals surface area contributed by atoms with Gasteiger partial charge in [0.2, 0.25) is 5.83 Å². The first-order valence-corrected chi connectivity index (χ1v) is 5.22. The van der Waals surface area contributed by atoms with E-state index >= 15 is 0 Å². The number of hydrogen-bond donors (Lipinski definition) is 0. The molecule has 0 nitrogen and oxygen atoms in total. The minimum atomic E-state index is -7.76. The van der Waals surface area contributed by atoms with Crippen LogP contribution in [0, 0.1) is 0 Å². The predicted octanol–water partition coefficient (Wildman–Crippen LogP) is 5.63. The van der Waals surface area contributed by atoms with Crippen molar-refractivity contribution < 1.29 is 57.1 Å². The summed E-state index contributed by atoms with van der Waals surface area (Å²) in [6.45, 7) is 0. The van der Waals surface area contributed by atoms with E-state index in [-0.39, 0.29) is 22.6 Å². The first kappa shape index (κ1) is 20.6. The maximum absolute atomic E-state index is 12.7. The van der Waals surface area contributed by atoms with Crippen molar-refractivity contribution in [3.63, 3.8) is 0 Å². The summed E-state index contributed by atoms with van der Waals surface area (Å²) in [6.07, 6.45) is -7.35. The Hall–Kier alpha value is -0.440. The average Bonchev–Trinajstić information content (AvgIpc) is 2.25. The highest BCUT2D eigenvalue weighted by atomic mass is 127. The maximum Gasteiger partial charge on any atom is 0.460 e. The van der Waals surface area contributed by atoms with Crippen molar-refractivity contribution >= 4 is 22.6 Å². The molecule has 0 aliphatic rings. The van der Waals surface area contributed by atoms with Gasteiger partial charge in [0.15, 0.2) is 3.83 Å². The minimum Gasteiger partial charge on any atom is -0.201 e. The Morgan fingerprint density at radius 1 is 0.571 bits per heavy atom. The van der Waals surface area contributed by atoms with Crippen LogP contribution in [0.4, 0.5) is 57.1 Å².